The Labute approximate surface area is 409 Å². The Balaban J connectivity index is 0.852. The van der Waals surface area contributed by atoms with Crippen LogP contribution >= 0.6 is 0 Å². The van der Waals surface area contributed by atoms with Gasteiger partial charge < -0.3 is 27.1 Å². The van der Waals surface area contributed by atoms with Gasteiger partial charge in [-0.25, -0.2) is 0 Å². The number of aromatic nitrogens is 4. The minimum absolute atomic E-state index is 0.865. The van der Waals surface area contributed by atoms with Crippen LogP contribution in [0.1, 0.15) is 0 Å². The Morgan fingerprint density at radius 1 is 0.208 bits per heavy atom. The van der Waals surface area contributed by atoms with Crippen LogP contribution < -0.4 is 0 Å². The first-order chi connectivity index (χ1) is 35.7. The number of hydrogen-bond acceptors (Lipinski definition) is 2. The van der Waals surface area contributed by atoms with Crippen molar-refractivity contribution in [1.29, 1.82) is 0 Å². The van der Waals surface area contributed by atoms with E-state index in [0.717, 1.165) is 116 Å². The van der Waals surface area contributed by atoms with Gasteiger partial charge in [0.15, 0.2) is 0 Å². The molecule has 0 saturated carbocycles. The molecule has 0 aliphatic rings. The second kappa shape index (κ2) is 13.9. The second-order valence-corrected chi connectivity index (χ2v) is 19.2. The van der Waals surface area contributed by atoms with E-state index in [1.807, 2.05) is 0 Å². The van der Waals surface area contributed by atoms with Crippen LogP contribution in [0.25, 0.3) is 154 Å². The van der Waals surface area contributed by atoms with Crippen molar-refractivity contribution in [3.8, 4) is 22.7 Å². The summed E-state index contributed by atoms with van der Waals surface area (Å²) in [6.07, 6.45) is 0. The molecule has 0 aliphatic carbocycles. The zero-order valence-corrected chi connectivity index (χ0v) is 38.5. The fourth-order valence-corrected chi connectivity index (χ4v) is 12.5. The van der Waals surface area contributed by atoms with Gasteiger partial charge in [-0.3, -0.25) is 0 Å². The highest BCUT2D eigenvalue weighted by molar-refractivity contribution is 6.29. The summed E-state index contributed by atoms with van der Waals surface area (Å²) in [5.74, 6) is 0. The molecule has 11 aromatic carbocycles. The highest BCUT2D eigenvalue weighted by atomic mass is 16.3. The molecule has 6 heteroatoms. The van der Waals surface area contributed by atoms with Crippen molar-refractivity contribution in [2.45, 2.75) is 0 Å². The van der Waals surface area contributed by atoms with Gasteiger partial charge in [-0.05, 0) is 121 Å². The molecule has 334 valence electrons. The van der Waals surface area contributed by atoms with Gasteiger partial charge in [0.1, 0.15) is 22.3 Å². The van der Waals surface area contributed by atoms with Gasteiger partial charge in [0, 0.05) is 76.6 Å². The Morgan fingerprint density at radius 2 is 0.556 bits per heavy atom. The number of nitrogens with zero attached hydrogens (tertiary/aromatic N) is 4. The van der Waals surface area contributed by atoms with Crippen molar-refractivity contribution >= 4 is 131 Å². The van der Waals surface area contributed by atoms with Gasteiger partial charge in [-0.15, -0.1) is 0 Å². The molecular weight excluding hydrogens is 881 g/mol. The predicted molar refractivity (Wildman–Crippen MR) is 298 cm³/mol. The summed E-state index contributed by atoms with van der Waals surface area (Å²) < 4.78 is 23.3. The van der Waals surface area contributed by atoms with E-state index in [1.165, 1.54) is 38.0 Å². The maximum Gasteiger partial charge on any atom is 0.145 e. The van der Waals surface area contributed by atoms with Crippen molar-refractivity contribution in [2.24, 2.45) is 0 Å². The van der Waals surface area contributed by atoms with Gasteiger partial charge in [0.2, 0.25) is 0 Å². The maximum absolute atomic E-state index is 7.25. The van der Waals surface area contributed by atoms with Crippen LogP contribution in [-0.2, 0) is 0 Å². The molecule has 0 N–H and O–H groups in total. The van der Waals surface area contributed by atoms with E-state index in [4.69, 9.17) is 8.83 Å². The van der Waals surface area contributed by atoms with E-state index in [0.29, 0.717) is 0 Å². The zero-order chi connectivity index (χ0) is 46.8. The van der Waals surface area contributed by atoms with Gasteiger partial charge in [-0.2, -0.15) is 0 Å². The molecule has 0 fully saturated rings. The van der Waals surface area contributed by atoms with Gasteiger partial charge in [0.05, 0.1) is 54.9 Å². The first kappa shape index (κ1) is 38.1. The lowest BCUT2D eigenvalue weighted by atomic mass is 10.1. The SMILES string of the molecule is c1ccc(-n2c3ccccc3c3c4oc5c(ccc6c5c5ccccc5n6-c5ccc6c(c5)c5ccccc5n6-c5ccc6oc7ccc(-n8c9ccccc9c9ccccc98)cc7c6c5)c4ccc32)cc1. The molecule has 6 nitrogen and oxygen atoms in total. The van der Waals surface area contributed by atoms with Crippen molar-refractivity contribution < 1.29 is 8.83 Å². The summed E-state index contributed by atoms with van der Waals surface area (Å²) in [4.78, 5) is 0. The fourth-order valence-electron chi connectivity index (χ4n) is 12.5. The predicted octanol–water partition coefficient (Wildman–Crippen LogP) is 17.9. The average Bonchev–Trinajstić information content (AvgIpc) is 4.28. The first-order valence-corrected chi connectivity index (χ1v) is 24.6. The van der Waals surface area contributed by atoms with Gasteiger partial charge >= 0.3 is 0 Å². The van der Waals surface area contributed by atoms with Crippen molar-refractivity contribution in [3.05, 3.63) is 231 Å². The summed E-state index contributed by atoms with van der Waals surface area (Å²) in [5, 5.41) is 13.8. The zero-order valence-electron chi connectivity index (χ0n) is 38.5. The van der Waals surface area contributed by atoms with Crippen LogP contribution in [0.4, 0.5) is 0 Å². The van der Waals surface area contributed by atoms with Gasteiger partial charge in [-0.1, -0.05) is 109 Å². The molecule has 0 radical (unpaired) electrons. The molecule has 0 unspecified atom stereocenters. The lowest BCUT2D eigenvalue weighted by Gasteiger charge is -2.11. The van der Waals surface area contributed by atoms with Crippen LogP contribution in [0, 0.1) is 0 Å². The largest absolute Gasteiger partial charge is 0.456 e. The highest BCUT2D eigenvalue weighted by Gasteiger charge is 2.24. The third-order valence-electron chi connectivity index (χ3n) is 15.5. The van der Waals surface area contributed by atoms with E-state index in [-0.39, 0.29) is 0 Å². The Morgan fingerprint density at radius 3 is 1.06 bits per heavy atom. The summed E-state index contributed by atoms with van der Waals surface area (Å²) in [7, 11) is 0. The topological polar surface area (TPSA) is 46.0 Å². The van der Waals surface area contributed by atoms with E-state index in [9.17, 15) is 0 Å². The molecule has 0 atom stereocenters. The second-order valence-electron chi connectivity index (χ2n) is 19.2. The van der Waals surface area contributed by atoms with Gasteiger partial charge in [0.25, 0.3) is 0 Å². The molecular formula is C66H38N4O2. The fraction of sp³-hybridized carbons (Fsp3) is 0. The molecule has 17 aromatic rings. The maximum atomic E-state index is 7.25. The van der Waals surface area contributed by atoms with E-state index >= 15 is 0 Å². The number of para-hydroxylation sites is 6. The minimum Gasteiger partial charge on any atom is -0.456 e. The lowest BCUT2D eigenvalue weighted by molar-refractivity contribution is 0.669. The number of fused-ring (bicyclic) bond motifs is 20. The average molecular weight is 919 g/mol. The molecule has 6 heterocycles. The summed E-state index contributed by atoms with van der Waals surface area (Å²) in [5.41, 5.74) is 17.1. The number of furan rings is 2. The Hall–Kier alpha value is -9.78. The summed E-state index contributed by atoms with van der Waals surface area (Å²) in [6.45, 7) is 0. The molecule has 0 spiro atoms. The Kier molecular flexibility index (Phi) is 7.38. The first-order valence-electron chi connectivity index (χ1n) is 24.6. The normalized spacial score (nSPS) is 12.4. The van der Waals surface area contributed by atoms with Crippen molar-refractivity contribution in [2.75, 3.05) is 0 Å². The lowest BCUT2D eigenvalue weighted by Crippen LogP contribution is -1.96. The summed E-state index contributed by atoms with van der Waals surface area (Å²) in [6, 6.07) is 83.4. The minimum atomic E-state index is 0.865. The van der Waals surface area contributed by atoms with E-state index in [1.54, 1.807) is 0 Å². The van der Waals surface area contributed by atoms with Crippen molar-refractivity contribution in [1.82, 2.24) is 18.3 Å². The monoisotopic (exact) mass is 918 g/mol. The molecule has 0 bridgehead atoms. The third-order valence-corrected chi connectivity index (χ3v) is 15.5. The quantitative estimate of drug-likeness (QED) is 0.177. The van der Waals surface area contributed by atoms with E-state index in [2.05, 4.69) is 249 Å². The molecule has 0 saturated heterocycles. The molecule has 0 aliphatic heterocycles. The smallest absolute Gasteiger partial charge is 0.145 e. The number of hydrogen-bond donors (Lipinski definition) is 0. The van der Waals surface area contributed by atoms with Crippen molar-refractivity contribution in [3.63, 3.8) is 0 Å². The highest BCUT2D eigenvalue weighted by Crippen LogP contribution is 2.46. The molecule has 72 heavy (non-hydrogen) atoms. The standard InChI is InChI=1S/C66H38N4O2/c1-2-14-39(15-3-1)67-56-24-12-7-19-48(56)63-59(67)32-29-46-47-30-33-60-64(66(47)72-65(46)63)49-20-8-13-25-57(49)70(60)40-26-31-58-50(36-40)45-18-6-11-23-55(45)69(58)42-28-35-62-52(38-42)51-37-41(27-34-61(51)71-62)68-53-21-9-4-16-43(53)44-17-5-10-22-54(44)68/h1-38H. The van der Waals surface area contributed by atoms with E-state index < -0.39 is 0 Å². The number of rotatable bonds is 4. The van der Waals surface area contributed by atoms with Crippen LogP contribution in [0.5, 0.6) is 0 Å². The van der Waals surface area contributed by atoms with Crippen LogP contribution in [0.3, 0.4) is 0 Å². The van der Waals surface area contributed by atoms with Crippen LogP contribution in [0.15, 0.2) is 239 Å². The third kappa shape index (κ3) is 4.97. The Bertz CT molecular complexity index is 5120. The molecule has 0 amide bonds. The van der Waals surface area contributed by atoms with Crippen LogP contribution in [-0.4, -0.2) is 18.3 Å². The molecule has 17 rings (SSSR count). The molecule has 6 aromatic heterocycles. The van der Waals surface area contributed by atoms with Crippen LogP contribution in [0.2, 0.25) is 0 Å². The summed E-state index contributed by atoms with van der Waals surface area (Å²) >= 11 is 0. The number of benzene rings is 11.